The fourth-order valence-electron chi connectivity index (χ4n) is 12.4. The van der Waals surface area contributed by atoms with Crippen molar-refractivity contribution >= 4 is 11.7 Å². The first-order valence-corrected chi connectivity index (χ1v) is 25.1. The van der Waals surface area contributed by atoms with Gasteiger partial charge in [0.2, 0.25) is 5.91 Å². The number of nitrogens with zero attached hydrogens (tertiary/aromatic N) is 1. The summed E-state index contributed by atoms with van der Waals surface area (Å²) in [5, 5.41) is 25.4. The summed E-state index contributed by atoms with van der Waals surface area (Å²) in [6, 6.07) is 0. The highest BCUT2D eigenvalue weighted by Crippen LogP contribution is 2.49. The Morgan fingerprint density at radius 1 is 0.846 bits per heavy atom. The number of carbonyl (C=O) groups excluding carboxylic acids is 2. The molecule has 0 aliphatic carbocycles. The molecule has 10 bridgehead atoms. The topological polar surface area (TPSA) is 182 Å². The third kappa shape index (κ3) is 12.4. The minimum absolute atomic E-state index is 0.0398. The molecular formula is C49H80N2O14. The number of carbonyl (C=O) groups is 2. The van der Waals surface area contributed by atoms with E-state index in [2.05, 4.69) is 25.7 Å². The highest BCUT2D eigenvalue weighted by atomic mass is 16.7. The standard InChI is InChI=1S/C49H80N2O14/c1-28-19-34-7-9-39-29(2)20-36(59-39)11-12-49-26-38(55)47(65-49)44-25-45(64-49)48-40(62-44)10-8-35(61-48)21-32(53)22-37-42(24-41(60-34)30(28)3)63-43(46(37)56-6)23-33(54)27-51(5)14-16-58-18-17-57-15-13-50-31(4)52/h28-29,33-48,54-55H,3,7-27H2,1-2,4-6H3,(H,50,52)/t28-,29?,33+,34+,35-,36+,37+,38-,39+,40+,41-,42+,43-,44-,45-,46-,47+,48+,49-/m1/s1. The fourth-order valence-corrected chi connectivity index (χ4v) is 12.4. The molecule has 0 radical (unpaired) electrons. The normalized spacial score (nSPS) is 43.8. The Balaban J connectivity index is 0.941. The first-order chi connectivity index (χ1) is 31.3. The number of aliphatic hydroxyl groups is 2. The van der Waals surface area contributed by atoms with E-state index in [4.69, 9.17) is 47.4 Å². The van der Waals surface area contributed by atoms with Gasteiger partial charge in [0.05, 0.1) is 106 Å². The van der Waals surface area contributed by atoms with Gasteiger partial charge >= 0.3 is 0 Å². The lowest BCUT2D eigenvalue weighted by Crippen LogP contribution is -2.58. The molecule has 8 rings (SSSR count). The van der Waals surface area contributed by atoms with E-state index >= 15 is 0 Å². The number of hydrogen-bond donors (Lipinski definition) is 3. The van der Waals surface area contributed by atoms with Crippen LogP contribution in [-0.4, -0.2) is 184 Å². The van der Waals surface area contributed by atoms with Crippen molar-refractivity contribution in [2.24, 2.45) is 17.8 Å². The summed E-state index contributed by atoms with van der Waals surface area (Å²) in [5.41, 5.74) is 1.06. The van der Waals surface area contributed by atoms with Gasteiger partial charge in [0.1, 0.15) is 18.0 Å². The number of aliphatic hydroxyl groups excluding tert-OH is 2. The number of amides is 1. The van der Waals surface area contributed by atoms with E-state index < -0.39 is 36.3 Å². The lowest BCUT2D eigenvalue weighted by molar-refractivity contribution is -0.277. The van der Waals surface area contributed by atoms with E-state index in [1.54, 1.807) is 7.11 Å². The van der Waals surface area contributed by atoms with Gasteiger partial charge in [-0.15, -0.1) is 0 Å². The SMILES string of the molecule is C=C1[C@H](C)C[C@@H]2CC[C@@H]3O[C@@H](CC[C@]45C[C@@H](O)[C@H](O4)[C@H]4C[C@@H](O5)[C@H]5O[C@H](CC[C@@H]5O4)CC(=O)C[C@@H]4[C@@H](OC)[C@@H](C[C@H](O)CN(C)CCOCCOCCNC(C)=O)O[C@H]4C[C@H]1O2)CC3C. The monoisotopic (exact) mass is 921 g/mol. The summed E-state index contributed by atoms with van der Waals surface area (Å²) >= 11 is 0. The van der Waals surface area contributed by atoms with Crippen LogP contribution in [0.2, 0.25) is 0 Å². The Morgan fingerprint density at radius 2 is 1.62 bits per heavy atom. The van der Waals surface area contributed by atoms with Crippen LogP contribution in [0.5, 0.6) is 0 Å². The van der Waals surface area contributed by atoms with Crippen molar-refractivity contribution in [3.8, 4) is 0 Å². The van der Waals surface area contributed by atoms with E-state index in [0.29, 0.717) is 90.5 Å². The molecular weight excluding hydrogens is 841 g/mol. The van der Waals surface area contributed by atoms with Gasteiger partial charge in [-0.3, -0.25) is 9.59 Å². The highest BCUT2D eigenvalue weighted by Gasteiger charge is 2.59. The second kappa shape index (κ2) is 22.4. The molecule has 370 valence electrons. The number of nitrogens with one attached hydrogen (secondary N) is 1. The summed E-state index contributed by atoms with van der Waals surface area (Å²) in [5.74, 6) is -0.523. The van der Waals surface area contributed by atoms with Crippen molar-refractivity contribution in [1.82, 2.24) is 10.2 Å². The van der Waals surface area contributed by atoms with Crippen LogP contribution < -0.4 is 5.32 Å². The number of rotatable bonds is 14. The van der Waals surface area contributed by atoms with Crippen molar-refractivity contribution in [2.45, 2.75) is 208 Å². The van der Waals surface area contributed by atoms with Crippen LogP contribution >= 0.6 is 0 Å². The number of hydrogen-bond acceptors (Lipinski definition) is 15. The predicted molar refractivity (Wildman–Crippen MR) is 237 cm³/mol. The van der Waals surface area contributed by atoms with Crippen LogP contribution in [0.1, 0.15) is 111 Å². The number of Topliss-reactive ketones (excluding diaryl/α,β-unsaturated/α-hetero) is 1. The average Bonchev–Trinajstić information content (AvgIpc) is 3.87. The van der Waals surface area contributed by atoms with Crippen molar-refractivity contribution in [3.63, 3.8) is 0 Å². The lowest BCUT2D eigenvalue weighted by Gasteiger charge is -2.47. The van der Waals surface area contributed by atoms with Crippen LogP contribution in [0.15, 0.2) is 12.2 Å². The molecule has 16 heteroatoms. The fraction of sp³-hybridized carbons (Fsp3) is 0.918. The maximum atomic E-state index is 14.3. The lowest BCUT2D eigenvalue weighted by atomic mass is 9.81. The van der Waals surface area contributed by atoms with Gasteiger partial charge in [-0.25, -0.2) is 0 Å². The third-order valence-corrected chi connectivity index (χ3v) is 15.8. The smallest absolute Gasteiger partial charge is 0.216 e. The summed E-state index contributed by atoms with van der Waals surface area (Å²) in [6.45, 7) is 13.8. The molecule has 3 N–H and O–H groups in total. The van der Waals surface area contributed by atoms with Crippen LogP contribution in [-0.2, 0) is 57.0 Å². The maximum Gasteiger partial charge on any atom is 0.216 e. The Labute approximate surface area is 386 Å². The summed E-state index contributed by atoms with van der Waals surface area (Å²) in [7, 11) is 3.63. The van der Waals surface area contributed by atoms with E-state index in [1.807, 2.05) is 11.9 Å². The predicted octanol–water partition coefficient (Wildman–Crippen LogP) is 3.64. The van der Waals surface area contributed by atoms with E-state index in [1.165, 1.54) is 6.92 Å². The average molecular weight is 921 g/mol. The van der Waals surface area contributed by atoms with Crippen molar-refractivity contribution < 1.29 is 67.2 Å². The Morgan fingerprint density at radius 3 is 2.42 bits per heavy atom. The molecule has 16 nitrogen and oxygen atoms in total. The Bertz CT molecular complexity index is 1590. The number of likely N-dealkylation sites (N-methyl/N-ethyl adjacent to an activating group) is 1. The highest BCUT2D eigenvalue weighted by molar-refractivity contribution is 5.79. The van der Waals surface area contributed by atoms with Gasteiger partial charge in [0.15, 0.2) is 5.79 Å². The van der Waals surface area contributed by atoms with Crippen LogP contribution in [0.4, 0.5) is 0 Å². The van der Waals surface area contributed by atoms with Gasteiger partial charge in [0, 0.05) is 84.5 Å². The molecule has 1 spiro atoms. The quantitative estimate of drug-likeness (QED) is 0.170. The Hall–Kier alpha value is -1.64. The summed E-state index contributed by atoms with van der Waals surface area (Å²) in [4.78, 5) is 27.4. The molecule has 8 aliphatic rings. The molecule has 0 aromatic heterocycles. The minimum Gasteiger partial charge on any atom is -0.392 e. The Kier molecular flexibility index (Phi) is 17.2. The largest absolute Gasteiger partial charge is 0.392 e. The van der Waals surface area contributed by atoms with Crippen LogP contribution in [0.25, 0.3) is 0 Å². The molecule has 8 heterocycles. The molecule has 8 aliphatic heterocycles. The molecule has 0 saturated carbocycles. The second-order valence-corrected chi connectivity index (χ2v) is 20.9. The number of methoxy groups -OCH3 is 1. The molecule has 0 aromatic carbocycles. The molecule has 8 fully saturated rings. The number of fused-ring (bicyclic) bond motifs is 9. The van der Waals surface area contributed by atoms with Gasteiger partial charge in [-0.1, -0.05) is 20.4 Å². The zero-order valence-electron chi connectivity index (χ0n) is 39.7. The van der Waals surface area contributed by atoms with Gasteiger partial charge in [-0.05, 0) is 69.4 Å². The minimum atomic E-state index is -0.938. The van der Waals surface area contributed by atoms with Gasteiger partial charge in [0.25, 0.3) is 0 Å². The summed E-state index contributed by atoms with van der Waals surface area (Å²) in [6.07, 6.45) is 4.44. The van der Waals surface area contributed by atoms with Crippen molar-refractivity contribution in [2.75, 3.05) is 60.2 Å². The zero-order valence-corrected chi connectivity index (χ0v) is 39.7. The molecule has 1 amide bonds. The van der Waals surface area contributed by atoms with Crippen LogP contribution in [0.3, 0.4) is 0 Å². The molecule has 8 saturated heterocycles. The first-order valence-electron chi connectivity index (χ1n) is 25.1. The van der Waals surface area contributed by atoms with E-state index in [9.17, 15) is 19.8 Å². The molecule has 65 heavy (non-hydrogen) atoms. The molecule has 1 unspecified atom stereocenters. The van der Waals surface area contributed by atoms with Gasteiger partial charge < -0.3 is 67.8 Å². The van der Waals surface area contributed by atoms with E-state index in [0.717, 1.165) is 44.1 Å². The van der Waals surface area contributed by atoms with Gasteiger partial charge in [-0.2, -0.15) is 0 Å². The number of ether oxygens (including phenoxy) is 10. The third-order valence-electron chi connectivity index (χ3n) is 15.8. The van der Waals surface area contributed by atoms with Crippen molar-refractivity contribution in [3.05, 3.63) is 12.2 Å². The van der Waals surface area contributed by atoms with E-state index in [-0.39, 0.29) is 97.4 Å². The zero-order chi connectivity index (χ0) is 45.8. The van der Waals surface area contributed by atoms with Crippen LogP contribution in [0, 0.1) is 17.8 Å². The maximum absolute atomic E-state index is 14.3. The first kappa shape index (κ1) is 49.8. The second-order valence-electron chi connectivity index (χ2n) is 20.9. The van der Waals surface area contributed by atoms with Crippen molar-refractivity contribution in [1.29, 1.82) is 0 Å². The molecule has 19 atom stereocenters. The number of ketones is 1. The summed E-state index contributed by atoms with van der Waals surface area (Å²) < 4.78 is 65.1. The molecule has 0 aromatic rings.